The van der Waals surface area contributed by atoms with Gasteiger partial charge in [0.1, 0.15) is 5.69 Å². The Labute approximate surface area is 135 Å². The molecular weight excluding hydrogens is 316 g/mol. The normalized spacial score (nSPS) is 12.9. The summed E-state index contributed by atoms with van der Waals surface area (Å²) in [6.07, 6.45) is 2.88. The van der Waals surface area contributed by atoms with Crippen molar-refractivity contribution in [3.05, 3.63) is 75.8 Å². The van der Waals surface area contributed by atoms with E-state index >= 15 is 0 Å². The maximum atomic E-state index is 12.7. The number of hydrogen-bond donors (Lipinski definition) is 0. The summed E-state index contributed by atoms with van der Waals surface area (Å²) in [6.45, 7) is 0.303. The van der Waals surface area contributed by atoms with Crippen LogP contribution in [0.5, 0.6) is 0 Å². The molecule has 0 atom stereocenters. The van der Waals surface area contributed by atoms with Crippen molar-refractivity contribution in [2.45, 2.75) is 6.54 Å². The molecule has 0 saturated heterocycles. The van der Waals surface area contributed by atoms with Gasteiger partial charge in [-0.15, -0.1) is 5.10 Å². The number of hydrogen-bond acceptors (Lipinski definition) is 5. The Morgan fingerprint density at radius 3 is 2.78 bits per heavy atom. The van der Waals surface area contributed by atoms with Crippen molar-refractivity contribution in [2.75, 3.05) is 0 Å². The maximum Gasteiger partial charge on any atom is 0.216 e. The Morgan fingerprint density at radius 2 is 1.96 bits per heavy atom. The summed E-state index contributed by atoms with van der Waals surface area (Å²) < 4.78 is 1.43. The largest absolute Gasteiger partial charge is 0.287 e. The van der Waals surface area contributed by atoms with Gasteiger partial charge in [0.15, 0.2) is 5.69 Å². The van der Waals surface area contributed by atoms with Crippen molar-refractivity contribution >= 4 is 23.2 Å². The highest BCUT2D eigenvalue weighted by atomic mass is 35.5. The van der Waals surface area contributed by atoms with Gasteiger partial charge in [0.05, 0.1) is 12.1 Å². The molecule has 0 fully saturated rings. The Kier molecular flexibility index (Phi) is 3.06. The van der Waals surface area contributed by atoms with E-state index < -0.39 is 0 Å². The molecule has 1 aromatic carbocycles. The lowest BCUT2D eigenvalue weighted by Crippen LogP contribution is -2.23. The molecule has 1 aliphatic rings. The van der Waals surface area contributed by atoms with E-state index in [2.05, 4.69) is 15.3 Å². The fourth-order valence-electron chi connectivity index (χ4n) is 2.64. The fraction of sp³-hybridized carbons (Fsp3) is 0.0625. The molecular formula is C16H9ClN4O2. The number of nitrogens with zero attached hydrogens (tertiary/aromatic N) is 4. The summed E-state index contributed by atoms with van der Waals surface area (Å²) in [7, 11) is 0. The standard InChI is InChI=1S/C16H9ClN4O2/c17-10-3-1-2-9(6-10)8-21-14-13(19-20-21)15(22)11-4-5-18-7-12(11)16(14)23/h1-7H,8H2. The quantitative estimate of drug-likeness (QED) is 0.564. The summed E-state index contributed by atoms with van der Waals surface area (Å²) >= 11 is 5.97. The second-order valence-electron chi connectivity index (χ2n) is 5.15. The Balaban J connectivity index is 1.81. The number of benzene rings is 1. The summed E-state index contributed by atoms with van der Waals surface area (Å²) in [5.74, 6) is -0.607. The van der Waals surface area contributed by atoms with Crippen molar-refractivity contribution in [1.29, 1.82) is 0 Å². The van der Waals surface area contributed by atoms with Crippen LogP contribution in [0, 0.1) is 0 Å². The molecule has 6 nitrogen and oxygen atoms in total. The van der Waals surface area contributed by atoms with Crippen molar-refractivity contribution in [3.63, 3.8) is 0 Å². The predicted molar refractivity (Wildman–Crippen MR) is 81.7 cm³/mol. The third kappa shape index (κ3) is 2.15. The average Bonchev–Trinajstić information content (AvgIpc) is 2.97. The van der Waals surface area contributed by atoms with Crippen LogP contribution in [0.15, 0.2) is 42.7 Å². The van der Waals surface area contributed by atoms with Crippen LogP contribution in [0.3, 0.4) is 0 Å². The zero-order chi connectivity index (χ0) is 16.0. The topological polar surface area (TPSA) is 77.7 Å². The minimum absolute atomic E-state index is 0.0794. The van der Waals surface area contributed by atoms with Crippen LogP contribution >= 0.6 is 11.6 Å². The molecule has 0 radical (unpaired) electrons. The van der Waals surface area contributed by atoms with E-state index in [1.807, 2.05) is 12.1 Å². The molecule has 0 spiro atoms. The minimum Gasteiger partial charge on any atom is -0.287 e. The van der Waals surface area contributed by atoms with Crippen LogP contribution in [0.25, 0.3) is 0 Å². The first-order valence-corrected chi connectivity index (χ1v) is 7.24. The predicted octanol–water partition coefficient (Wildman–Crippen LogP) is 2.15. The number of fused-ring (bicyclic) bond motifs is 2. The molecule has 4 rings (SSSR count). The van der Waals surface area contributed by atoms with Gasteiger partial charge in [-0.2, -0.15) is 0 Å². The number of pyridine rings is 1. The van der Waals surface area contributed by atoms with Crippen LogP contribution in [-0.4, -0.2) is 31.5 Å². The molecule has 0 N–H and O–H groups in total. The first-order valence-electron chi connectivity index (χ1n) is 6.86. The number of aromatic nitrogens is 4. The zero-order valence-electron chi connectivity index (χ0n) is 11.7. The first kappa shape index (κ1) is 13.8. The Bertz CT molecular complexity index is 964. The van der Waals surface area contributed by atoms with Crippen LogP contribution in [0.2, 0.25) is 5.02 Å². The highest BCUT2D eigenvalue weighted by molar-refractivity contribution is 6.30. The summed E-state index contributed by atoms with van der Waals surface area (Å²) in [5, 5.41) is 8.45. The average molecular weight is 325 g/mol. The maximum absolute atomic E-state index is 12.7. The van der Waals surface area contributed by atoms with Crippen LogP contribution < -0.4 is 0 Å². The molecule has 2 heterocycles. The highest BCUT2D eigenvalue weighted by Crippen LogP contribution is 2.25. The molecule has 0 bridgehead atoms. The third-order valence-corrected chi connectivity index (χ3v) is 3.93. The molecule has 0 saturated carbocycles. The number of carbonyl (C=O) groups is 2. The second kappa shape index (κ2) is 5.10. The van der Waals surface area contributed by atoms with Gasteiger partial charge >= 0.3 is 0 Å². The SMILES string of the molecule is O=C1c2ccncc2C(=O)c2c1nnn2Cc1cccc(Cl)c1. The first-order chi connectivity index (χ1) is 11.1. The highest BCUT2D eigenvalue weighted by Gasteiger charge is 2.35. The number of halogens is 1. The van der Waals surface area contributed by atoms with E-state index in [-0.39, 0.29) is 28.5 Å². The minimum atomic E-state index is -0.311. The summed E-state index contributed by atoms with van der Waals surface area (Å²) in [6, 6.07) is 8.74. The molecule has 2 aromatic heterocycles. The molecule has 23 heavy (non-hydrogen) atoms. The number of rotatable bonds is 2. The van der Waals surface area contributed by atoms with Crippen LogP contribution in [0.1, 0.15) is 37.7 Å². The molecule has 3 aromatic rings. The van der Waals surface area contributed by atoms with Gasteiger partial charge in [-0.25, -0.2) is 4.68 Å². The lowest BCUT2D eigenvalue weighted by molar-refractivity contribution is 0.0970. The smallest absolute Gasteiger partial charge is 0.216 e. The van der Waals surface area contributed by atoms with Gasteiger partial charge in [-0.1, -0.05) is 28.9 Å². The Hall–Kier alpha value is -2.86. The molecule has 0 aliphatic heterocycles. The molecule has 112 valence electrons. The van der Waals surface area contributed by atoms with E-state index in [1.165, 1.54) is 23.1 Å². The summed E-state index contributed by atoms with van der Waals surface area (Å²) in [4.78, 5) is 29.1. The van der Waals surface area contributed by atoms with Crippen LogP contribution in [0.4, 0.5) is 0 Å². The third-order valence-electron chi connectivity index (χ3n) is 3.70. The van der Waals surface area contributed by atoms with Crippen molar-refractivity contribution in [2.24, 2.45) is 0 Å². The van der Waals surface area contributed by atoms with Gasteiger partial charge < -0.3 is 0 Å². The summed E-state index contributed by atoms with van der Waals surface area (Å²) in [5.41, 5.74) is 1.72. The van der Waals surface area contributed by atoms with E-state index in [4.69, 9.17) is 11.6 Å². The van der Waals surface area contributed by atoms with Gasteiger partial charge in [0.25, 0.3) is 0 Å². The van der Waals surface area contributed by atoms with Gasteiger partial charge in [-0.05, 0) is 23.8 Å². The zero-order valence-corrected chi connectivity index (χ0v) is 12.5. The van der Waals surface area contributed by atoms with Crippen LogP contribution in [-0.2, 0) is 6.54 Å². The Morgan fingerprint density at radius 1 is 1.09 bits per heavy atom. The number of carbonyl (C=O) groups excluding carboxylic acids is 2. The molecule has 0 amide bonds. The van der Waals surface area contributed by atoms with E-state index in [1.54, 1.807) is 12.1 Å². The van der Waals surface area contributed by atoms with Crippen molar-refractivity contribution < 1.29 is 9.59 Å². The molecule has 1 aliphatic carbocycles. The van der Waals surface area contributed by atoms with E-state index in [0.717, 1.165) is 5.56 Å². The lowest BCUT2D eigenvalue weighted by Gasteiger charge is -2.13. The van der Waals surface area contributed by atoms with Crippen molar-refractivity contribution in [1.82, 2.24) is 20.0 Å². The number of ketones is 2. The monoisotopic (exact) mass is 324 g/mol. The fourth-order valence-corrected chi connectivity index (χ4v) is 2.85. The molecule has 7 heteroatoms. The lowest BCUT2D eigenvalue weighted by atomic mass is 9.91. The van der Waals surface area contributed by atoms with Gasteiger partial charge in [0.2, 0.25) is 11.6 Å². The second-order valence-corrected chi connectivity index (χ2v) is 5.59. The van der Waals surface area contributed by atoms with E-state index in [9.17, 15) is 9.59 Å². The van der Waals surface area contributed by atoms with E-state index in [0.29, 0.717) is 17.1 Å². The van der Waals surface area contributed by atoms with Gasteiger partial charge in [-0.3, -0.25) is 14.6 Å². The van der Waals surface area contributed by atoms with Gasteiger partial charge in [0, 0.05) is 23.0 Å². The van der Waals surface area contributed by atoms with Crippen molar-refractivity contribution in [3.8, 4) is 0 Å². The molecule has 0 unspecified atom stereocenters.